The maximum atomic E-state index is 12.8. The minimum Gasteiger partial charge on any atom is -0.247 e. The van der Waals surface area contributed by atoms with Crippen LogP contribution in [0.1, 0.15) is 0 Å². The summed E-state index contributed by atoms with van der Waals surface area (Å²) in [6, 6.07) is 3.46. The summed E-state index contributed by atoms with van der Waals surface area (Å²) in [5.74, 6) is -0.751. The lowest BCUT2D eigenvalue weighted by molar-refractivity contribution is 0.591. The average Bonchev–Trinajstić information content (AvgIpc) is 2.03. The van der Waals surface area contributed by atoms with Gasteiger partial charge in [-0.05, 0) is 18.2 Å². The minimum absolute atomic E-state index is 0.0764. The molecule has 6 heteroatoms. The van der Waals surface area contributed by atoms with Gasteiger partial charge in [-0.3, -0.25) is 0 Å². The monoisotopic (exact) mass is 209 g/mol. The van der Waals surface area contributed by atoms with Gasteiger partial charge in [-0.25, -0.2) is 13.7 Å². The first kappa shape index (κ1) is 9.63. The van der Waals surface area contributed by atoms with Gasteiger partial charge in [0.2, 0.25) is 0 Å². The number of hydrogen-bond acceptors (Lipinski definition) is 2. The smallest absolute Gasteiger partial charge is 0.141 e. The molecule has 0 heterocycles. The fourth-order valence-electron chi connectivity index (χ4n) is 0.693. The maximum absolute atomic E-state index is 12.8. The molecule has 0 saturated carbocycles. The molecule has 0 bridgehead atoms. The van der Waals surface area contributed by atoms with Crippen molar-refractivity contribution >= 4 is 23.1 Å². The molecule has 0 aliphatic heterocycles. The van der Waals surface area contributed by atoms with Gasteiger partial charge in [-0.15, -0.1) is 0 Å². The van der Waals surface area contributed by atoms with Gasteiger partial charge >= 0.3 is 0 Å². The van der Waals surface area contributed by atoms with Crippen molar-refractivity contribution in [1.82, 2.24) is 0 Å². The first-order chi connectivity index (χ1) is 5.65. The van der Waals surface area contributed by atoms with Crippen LogP contribution in [-0.2, 0) is 11.0 Å². The van der Waals surface area contributed by atoms with Crippen molar-refractivity contribution in [3.05, 3.63) is 24.0 Å². The van der Waals surface area contributed by atoms with E-state index < -0.39 is 16.8 Å². The summed E-state index contributed by atoms with van der Waals surface area (Å²) in [7, 11) is -1.86. The lowest BCUT2D eigenvalue weighted by Crippen LogP contribution is -2.04. The molecule has 1 aromatic rings. The van der Waals surface area contributed by atoms with Crippen LogP contribution in [0.5, 0.6) is 0 Å². The second-order valence-corrected chi connectivity index (χ2v) is 3.63. The fourth-order valence-corrected chi connectivity index (χ4v) is 1.41. The second-order valence-electron chi connectivity index (χ2n) is 1.97. The molecule has 0 saturated heterocycles. The van der Waals surface area contributed by atoms with Crippen LogP contribution in [0.15, 0.2) is 28.0 Å². The SMILES string of the molecule is NS(=O)c1ccc(SF)cc1F. The summed E-state index contributed by atoms with van der Waals surface area (Å²) in [5.41, 5.74) is 0. The molecule has 0 aliphatic carbocycles. The predicted molar refractivity (Wildman–Crippen MR) is 44.0 cm³/mol. The molecule has 2 nitrogen and oxygen atoms in total. The molecule has 0 radical (unpaired) electrons. The van der Waals surface area contributed by atoms with Crippen molar-refractivity contribution in [3.8, 4) is 0 Å². The fraction of sp³-hybridized carbons (Fsp3) is 0. The third kappa shape index (κ3) is 2.02. The second kappa shape index (κ2) is 3.97. The molecular formula is C6H5F2NOS2. The summed E-state index contributed by atoms with van der Waals surface area (Å²) >= 11 is -0.0764. The number of benzene rings is 1. The Morgan fingerprint density at radius 3 is 2.58 bits per heavy atom. The standard InChI is InChI=1S/C6H5F2NOS2/c7-5-3-4(11-8)1-2-6(5)12(9)10/h1-3H,9H2. The van der Waals surface area contributed by atoms with Gasteiger partial charge in [0, 0.05) is 4.90 Å². The molecule has 1 aromatic carbocycles. The average molecular weight is 209 g/mol. The highest BCUT2D eigenvalue weighted by molar-refractivity contribution is 7.94. The lowest BCUT2D eigenvalue weighted by atomic mass is 10.3. The van der Waals surface area contributed by atoms with Gasteiger partial charge in [-0.1, -0.05) is 0 Å². The van der Waals surface area contributed by atoms with Gasteiger partial charge in [0.25, 0.3) is 0 Å². The highest BCUT2D eigenvalue weighted by Gasteiger charge is 2.07. The van der Waals surface area contributed by atoms with E-state index in [1.165, 1.54) is 12.1 Å². The molecule has 1 atom stereocenters. The van der Waals surface area contributed by atoms with Crippen LogP contribution in [0.25, 0.3) is 0 Å². The molecule has 12 heavy (non-hydrogen) atoms. The summed E-state index contributed by atoms with van der Waals surface area (Å²) in [4.78, 5) is 0.00880. The van der Waals surface area contributed by atoms with Crippen LogP contribution >= 0.6 is 12.1 Å². The minimum atomic E-state index is -1.86. The van der Waals surface area contributed by atoms with Crippen LogP contribution in [0.2, 0.25) is 0 Å². The van der Waals surface area contributed by atoms with Crippen molar-refractivity contribution < 1.29 is 12.5 Å². The Kier molecular flexibility index (Phi) is 3.19. The Morgan fingerprint density at radius 2 is 2.17 bits per heavy atom. The normalized spacial score (nSPS) is 12.9. The number of nitrogens with two attached hydrogens (primary N) is 1. The van der Waals surface area contributed by atoms with E-state index in [-0.39, 0.29) is 21.9 Å². The van der Waals surface area contributed by atoms with Crippen LogP contribution in [0.4, 0.5) is 8.28 Å². The highest BCUT2D eigenvalue weighted by atomic mass is 32.2. The Morgan fingerprint density at radius 1 is 1.50 bits per heavy atom. The zero-order chi connectivity index (χ0) is 9.14. The topological polar surface area (TPSA) is 43.1 Å². The molecule has 0 aromatic heterocycles. The summed E-state index contributed by atoms with van der Waals surface area (Å²) in [5, 5.41) is 4.94. The molecule has 0 fully saturated rings. The zero-order valence-electron chi connectivity index (χ0n) is 5.79. The van der Waals surface area contributed by atoms with Gasteiger partial charge in [0.1, 0.15) is 16.8 Å². The Hall–Kier alpha value is -0.460. The summed E-state index contributed by atoms with van der Waals surface area (Å²) in [6.45, 7) is 0. The number of halogens is 2. The van der Waals surface area contributed by atoms with Crippen LogP contribution in [0, 0.1) is 5.82 Å². The van der Waals surface area contributed by atoms with Gasteiger partial charge in [0.15, 0.2) is 0 Å². The molecule has 1 unspecified atom stereocenters. The molecule has 1 rings (SSSR count). The Labute approximate surface area is 75.0 Å². The molecule has 2 N–H and O–H groups in total. The summed E-state index contributed by atoms with van der Waals surface area (Å²) < 4.78 is 35.3. The lowest BCUT2D eigenvalue weighted by Gasteiger charge is -1.98. The van der Waals surface area contributed by atoms with E-state index in [0.717, 1.165) is 6.07 Å². The van der Waals surface area contributed by atoms with Crippen LogP contribution < -0.4 is 5.14 Å². The third-order valence-corrected chi connectivity index (χ3v) is 2.41. The molecule has 0 aliphatic rings. The highest BCUT2D eigenvalue weighted by Crippen LogP contribution is 2.22. The van der Waals surface area contributed by atoms with Crippen molar-refractivity contribution in [2.24, 2.45) is 5.14 Å². The molecular weight excluding hydrogens is 204 g/mol. The molecule has 0 amide bonds. The van der Waals surface area contributed by atoms with E-state index in [9.17, 15) is 12.5 Å². The van der Waals surface area contributed by atoms with E-state index in [0.29, 0.717) is 0 Å². The van der Waals surface area contributed by atoms with Crippen LogP contribution in [-0.4, -0.2) is 4.21 Å². The first-order valence-electron chi connectivity index (χ1n) is 2.89. The van der Waals surface area contributed by atoms with Gasteiger partial charge in [0.05, 0.1) is 17.0 Å². The van der Waals surface area contributed by atoms with Gasteiger partial charge < -0.3 is 0 Å². The predicted octanol–water partition coefficient (Wildman–Crippen LogP) is 1.78. The first-order valence-corrected chi connectivity index (χ1v) is 4.82. The summed E-state index contributed by atoms with van der Waals surface area (Å²) in [6.07, 6.45) is 0. The van der Waals surface area contributed by atoms with Crippen molar-refractivity contribution in [1.29, 1.82) is 0 Å². The quantitative estimate of drug-likeness (QED) is 0.806. The van der Waals surface area contributed by atoms with E-state index in [1.54, 1.807) is 0 Å². The van der Waals surface area contributed by atoms with E-state index >= 15 is 0 Å². The molecule has 0 spiro atoms. The largest absolute Gasteiger partial charge is 0.247 e. The van der Waals surface area contributed by atoms with Crippen molar-refractivity contribution in [2.45, 2.75) is 9.79 Å². The Balaban J connectivity index is 3.12. The van der Waals surface area contributed by atoms with E-state index in [4.69, 9.17) is 5.14 Å². The zero-order valence-corrected chi connectivity index (χ0v) is 7.42. The third-order valence-electron chi connectivity index (χ3n) is 1.21. The Bertz CT molecular complexity index is 318. The van der Waals surface area contributed by atoms with Gasteiger partial charge in [-0.2, -0.15) is 3.89 Å². The van der Waals surface area contributed by atoms with Crippen molar-refractivity contribution in [2.75, 3.05) is 0 Å². The van der Waals surface area contributed by atoms with E-state index in [1.807, 2.05) is 0 Å². The van der Waals surface area contributed by atoms with E-state index in [2.05, 4.69) is 0 Å². The number of hydrogen-bond donors (Lipinski definition) is 1. The maximum Gasteiger partial charge on any atom is 0.141 e. The van der Waals surface area contributed by atoms with Crippen molar-refractivity contribution in [3.63, 3.8) is 0 Å². The number of rotatable bonds is 2. The molecule has 66 valence electrons. The van der Waals surface area contributed by atoms with Crippen LogP contribution in [0.3, 0.4) is 0 Å².